The largest absolute Gasteiger partial charge is 0.483 e. The molecular weight excluding hydrogens is 444 g/mol. The molecular formula is C27H28N4O2S. The van der Waals surface area contributed by atoms with Gasteiger partial charge in [0.05, 0.1) is 11.8 Å². The zero-order chi connectivity index (χ0) is 23.9. The molecule has 0 bridgehead atoms. The van der Waals surface area contributed by atoms with Crippen molar-refractivity contribution >= 4 is 17.7 Å². The second kappa shape index (κ2) is 11.0. The van der Waals surface area contributed by atoms with E-state index < -0.39 is 0 Å². The molecule has 174 valence electrons. The maximum absolute atomic E-state index is 12.6. The van der Waals surface area contributed by atoms with Crippen molar-refractivity contribution in [1.29, 1.82) is 0 Å². The quantitative estimate of drug-likeness (QED) is 0.317. The van der Waals surface area contributed by atoms with Crippen LogP contribution in [0.2, 0.25) is 0 Å². The molecule has 6 nitrogen and oxygen atoms in total. The normalized spacial score (nSPS) is 12.7. The Hall–Kier alpha value is -3.58. The average molecular weight is 473 g/mol. The fraction of sp³-hybridized carbons (Fsp3) is 0.222. The summed E-state index contributed by atoms with van der Waals surface area (Å²) in [4.78, 5) is 12.6. The number of thioether (sulfide) groups is 1. The molecule has 4 rings (SSSR count). The molecule has 0 saturated carbocycles. The van der Waals surface area contributed by atoms with E-state index in [1.807, 2.05) is 110 Å². The van der Waals surface area contributed by atoms with Crippen LogP contribution in [0.5, 0.6) is 5.75 Å². The highest BCUT2D eigenvalue weighted by molar-refractivity contribution is 7.99. The standard InChI is InChI=1S/C27H28N4O2S/c1-19-14-16-24(17-15-19)33-21(3)26-29-30-27(31(26)23-12-8-5-9-13-23)34-18-25(32)28-20(2)22-10-6-4-7-11-22/h4-17,20-21H,18H2,1-3H3,(H,28,32). The average Bonchev–Trinajstić information content (AvgIpc) is 3.29. The molecule has 0 fully saturated rings. The smallest absolute Gasteiger partial charge is 0.230 e. The van der Waals surface area contributed by atoms with Gasteiger partial charge in [-0.05, 0) is 50.6 Å². The Labute approximate surface area is 204 Å². The van der Waals surface area contributed by atoms with E-state index in [2.05, 4.69) is 15.5 Å². The van der Waals surface area contributed by atoms with Crippen molar-refractivity contribution < 1.29 is 9.53 Å². The first-order valence-electron chi connectivity index (χ1n) is 11.2. The van der Waals surface area contributed by atoms with Crippen LogP contribution in [0.3, 0.4) is 0 Å². The number of amides is 1. The summed E-state index contributed by atoms with van der Waals surface area (Å²) in [5.41, 5.74) is 3.16. The Bertz CT molecular complexity index is 1210. The minimum Gasteiger partial charge on any atom is -0.483 e. The Kier molecular flexibility index (Phi) is 7.65. The molecule has 4 aromatic rings. The number of carbonyl (C=O) groups is 1. The molecule has 7 heteroatoms. The van der Waals surface area contributed by atoms with E-state index >= 15 is 0 Å². The Morgan fingerprint density at radius 3 is 2.26 bits per heavy atom. The van der Waals surface area contributed by atoms with Crippen LogP contribution in [0, 0.1) is 6.92 Å². The summed E-state index contributed by atoms with van der Waals surface area (Å²) < 4.78 is 8.10. The molecule has 2 atom stereocenters. The predicted molar refractivity (Wildman–Crippen MR) is 135 cm³/mol. The number of hydrogen-bond acceptors (Lipinski definition) is 5. The Balaban J connectivity index is 1.50. The zero-order valence-corrected chi connectivity index (χ0v) is 20.3. The van der Waals surface area contributed by atoms with Crippen molar-refractivity contribution in [1.82, 2.24) is 20.1 Å². The van der Waals surface area contributed by atoms with Gasteiger partial charge in [-0.15, -0.1) is 10.2 Å². The minimum atomic E-state index is -0.336. The first-order valence-corrected chi connectivity index (χ1v) is 12.2. The van der Waals surface area contributed by atoms with Crippen LogP contribution in [-0.2, 0) is 4.79 Å². The SMILES string of the molecule is Cc1ccc(OC(C)c2nnc(SCC(=O)NC(C)c3ccccc3)n2-c2ccccc2)cc1. The van der Waals surface area contributed by atoms with Crippen LogP contribution in [0.15, 0.2) is 90.1 Å². The first kappa shape index (κ1) is 23.6. The van der Waals surface area contributed by atoms with Crippen LogP contribution in [-0.4, -0.2) is 26.4 Å². The molecule has 0 saturated heterocycles. The fourth-order valence-corrected chi connectivity index (χ4v) is 4.34. The first-order chi connectivity index (χ1) is 16.5. The lowest BCUT2D eigenvalue weighted by molar-refractivity contribution is -0.119. The second-order valence-corrected chi connectivity index (χ2v) is 9.02. The minimum absolute atomic E-state index is 0.0607. The number of ether oxygens (including phenoxy) is 1. The molecule has 1 amide bonds. The predicted octanol–water partition coefficient (Wildman–Crippen LogP) is 5.69. The number of benzene rings is 3. The summed E-state index contributed by atoms with van der Waals surface area (Å²) in [5.74, 6) is 1.61. The van der Waals surface area contributed by atoms with Gasteiger partial charge in [-0.1, -0.05) is 78.0 Å². The molecule has 0 spiro atoms. The van der Waals surface area contributed by atoms with E-state index in [4.69, 9.17) is 4.74 Å². The number of carbonyl (C=O) groups excluding carboxylic acids is 1. The van der Waals surface area contributed by atoms with Crippen molar-refractivity contribution in [2.45, 2.75) is 38.1 Å². The Morgan fingerprint density at radius 1 is 0.941 bits per heavy atom. The zero-order valence-electron chi connectivity index (χ0n) is 19.5. The molecule has 0 aliphatic rings. The van der Waals surface area contributed by atoms with Crippen molar-refractivity contribution in [3.05, 3.63) is 102 Å². The number of nitrogens with zero attached hydrogens (tertiary/aromatic N) is 3. The summed E-state index contributed by atoms with van der Waals surface area (Å²) in [6.45, 7) is 5.97. The van der Waals surface area contributed by atoms with Gasteiger partial charge in [-0.2, -0.15) is 0 Å². The van der Waals surface area contributed by atoms with E-state index in [1.165, 1.54) is 17.3 Å². The molecule has 3 aromatic carbocycles. The molecule has 1 aromatic heterocycles. The highest BCUT2D eigenvalue weighted by Gasteiger charge is 2.22. The third kappa shape index (κ3) is 5.85. The maximum atomic E-state index is 12.6. The third-order valence-electron chi connectivity index (χ3n) is 5.38. The summed E-state index contributed by atoms with van der Waals surface area (Å²) in [5, 5.41) is 12.5. The van der Waals surface area contributed by atoms with Crippen molar-refractivity contribution in [2.24, 2.45) is 0 Å². The number of rotatable bonds is 9. The van der Waals surface area contributed by atoms with Gasteiger partial charge in [0.15, 0.2) is 17.1 Å². The Morgan fingerprint density at radius 2 is 1.59 bits per heavy atom. The summed E-state index contributed by atoms with van der Waals surface area (Å²) in [6.07, 6.45) is -0.336. The van der Waals surface area contributed by atoms with Gasteiger partial charge in [-0.25, -0.2) is 0 Å². The molecule has 2 unspecified atom stereocenters. The van der Waals surface area contributed by atoms with Crippen LogP contribution >= 0.6 is 11.8 Å². The van der Waals surface area contributed by atoms with Crippen LogP contribution in [0.4, 0.5) is 0 Å². The number of para-hydroxylation sites is 1. The van der Waals surface area contributed by atoms with E-state index in [1.54, 1.807) is 0 Å². The van der Waals surface area contributed by atoms with Crippen molar-refractivity contribution in [2.75, 3.05) is 5.75 Å². The molecule has 1 heterocycles. The fourth-order valence-electron chi connectivity index (χ4n) is 3.57. The van der Waals surface area contributed by atoms with Gasteiger partial charge < -0.3 is 10.1 Å². The monoisotopic (exact) mass is 472 g/mol. The molecule has 0 radical (unpaired) electrons. The highest BCUT2D eigenvalue weighted by atomic mass is 32.2. The van der Waals surface area contributed by atoms with E-state index in [0.29, 0.717) is 11.0 Å². The number of nitrogens with one attached hydrogen (secondary N) is 1. The van der Waals surface area contributed by atoms with Crippen LogP contribution < -0.4 is 10.1 Å². The van der Waals surface area contributed by atoms with E-state index in [9.17, 15) is 4.79 Å². The number of aromatic nitrogens is 3. The molecule has 34 heavy (non-hydrogen) atoms. The van der Waals surface area contributed by atoms with E-state index in [-0.39, 0.29) is 23.8 Å². The van der Waals surface area contributed by atoms with Crippen LogP contribution in [0.1, 0.15) is 42.9 Å². The number of hydrogen-bond donors (Lipinski definition) is 1. The summed E-state index contributed by atoms with van der Waals surface area (Å²) in [7, 11) is 0. The van der Waals surface area contributed by atoms with Gasteiger partial charge in [0, 0.05) is 5.69 Å². The van der Waals surface area contributed by atoms with Gasteiger partial charge >= 0.3 is 0 Å². The highest BCUT2D eigenvalue weighted by Crippen LogP contribution is 2.28. The number of aryl methyl sites for hydroxylation is 1. The third-order valence-corrected chi connectivity index (χ3v) is 6.31. The van der Waals surface area contributed by atoms with Gasteiger partial charge in [0.2, 0.25) is 5.91 Å². The van der Waals surface area contributed by atoms with E-state index in [0.717, 1.165) is 17.0 Å². The topological polar surface area (TPSA) is 69.0 Å². The van der Waals surface area contributed by atoms with Gasteiger partial charge in [-0.3, -0.25) is 9.36 Å². The summed E-state index contributed by atoms with van der Waals surface area (Å²) in [6, 6.07) is 27.6. The summed E-state index contributed by atoms with van der Waals surface area (Å²) >= 11 is 1.36. The van der Waals surface area contributed by atoms with Gasteiger partial charge in [0.25, 0.3) is 0 Å². The lowest BCUT2D eigenvalue weighted by Crippen LogP contribution is -2.28. The molecule has 1 N–H and O–H groups in total. The second-order valence-electron chi connectivity index (χ2n) is 8.07. The lowest BCUT2D eigenvalue weighted by atomic mass is 10.1. The van der Waals surface area contributed by atoms with Crippen molar-refractivity contribution in [3.63, 3.8) is 0 Å². The lowest BCUT2D eigenvalue weighted by Gasteiger charge is -2.17. The maximum Gasteiger partial charge on any atom is 0.230 e. The van der Waals surface area contributed by atoms with Crippen molar-refractivity contribution in [3.8, 4) is 11.4 Å². The van der Waals surface area contributed by atoms with Crippen LogP contribution in [0.25, 0.3) is 5.69 Å². The molecule has 0 aliphatic carbocycles. The molecule has 0 aliphatic heterocycles. The van der Waals surface area contributed by atoms with Gasteiger partial charge in [0.1, 0.15) is 5.75 Å².